The lowest BCUT2D eigenvalue weighted by Gasteiger charge is -2.24. The number of methoxy groups -OCH3 is 1. The number of sulfonamides is 1. The van der Waals surface area contributed by atoms with E-state index in [2.05, 4.69) is 14.8 Å². The molecule has 0 bridgehead atoms. The highest BCUT2D eigenvalue weighted by atomic mass is 32.2. The largest absolute Gasteiger partial charge is 0.465 e. The summed E-state index contributed by atoms with van der Waals surface area (Å²) in [5.74, 6) is -0.659. The van der Waals surface area contributed by atoms with Gasteiger partial charge in [0.1, 0.15) is 0 Å². The zero-order valence-electron chi connectivity index (χ0n) is 11.3. The normalized spacial score (nSPS) is 19.6. The van der Waals surface area contributed by atoms with Crippen LogP contribution in [0, 0.1) is 0 Å². The summed E-state index contributed by atoms with van der Waals surface area (Å²) in [5, 5.41) is 3.14. The number of piperidine rings is 1. The Bertz CT molecular complexity index is 580. The molecule has 0 aliphatic carbocycles. The number of rotatable bonds is 4. The van der Waals surface area contributed by atoms with Gasteiger partial charge in [0.05, 0.1) is 17.6 Å². The van der Waals surface area contributed by atoms with Crippen molar-refractivity contribution in [2.45, 2.75) is 23.8 Å². The quantitative estimate of drug-likeness (QED) is 0.791. The molecule has 2 rings (SSSR count). The molecular weight excluding hydrogens is 280 g/mol. The van der Waals surface area contributed by atoms with Crippen molar-refractivity contribution >= 4 is 16.0 Å². The standard InChI is InChI=1S/C13H18N2O4S/c1-19-13(16)11-6-2-3-7-12(11)20(17,18)15-10-5-4-8-14-9-10/h2-3,6-7,10,14-15H,4-5,8-9H2,1H3/t10-/m1/s1. The Hall–Kier alpha value is -1.44. The van der Waals surface area contributed by atoms with Crippen LogP contribution in [0.3, 0.4) is 0 Å². The molecule has 0 radical (unpaired) electrons. The molecule has 1 aliphatic heterocycles. The summed E-state index contributed by atoms with van der Waals surface area (Å²) >= 11 is 0. The van der Waals surface area contributed by atoms with Crippen LogP contribution >= 0.6 is 0 Å². The Balaban J connectivity index is 2.27. The summed E-state index contributed by atoms with van der Waals surface area (Å²) in [6.45, 7) is 1.50. The average Bonchev–Trinajstić information content (AvgIpc) is 2.47. The summed E-state index contributed by atoms with van der Waals surface area (Å²) < 4.78 is 32.0. The predicted octanol–water partition coefficient (Wildman–Crippen LogP) is 0.503. The summed E-state index contributed by atoms with van der Waals surface area (Å²) in [6, 6.07) is 5.89. The van der Waals surface area contributed by atoms with E-state index in [9.17, 15) is 13.2 Å². The van der Waals surface area contributed by atoms with E-state index >= 15 is 0 Å². The lowest BCUT2D eigenvalue weighted by atomic mass is 10.1. The number of carbonyl (C=O) groups is 1. The van der Waals surface area contributed by atoms with Crippen molar-refractivity contribution in [2.24, 2.45) is 0 Å². The predicted molar refractivity (Wildman–Crippen MR) is 74.0 cm³/mol. The monoisotopic (exact) mass is 298 g/mol. The van der Waals surface area contributed by atoms with Crippen molar-refractivity contribution in [1.82, 2.24) is 10.0 Å². The summed E-state index contributed by atoms with van der Waals surface area (Å²) in [6.07, 6.45) is 1.71. The SMILES string of the molecule is COC(=O)c1ccccc1S(=O)(=O)N[C@@H]1CCCNC1. The minimum absolute atomic E-state index is 0.0441. The highest BCUT2D eigenvalue weighted by molar-refractivity contribution is 7.89. The van der Waals surface area contributed by atoms with Crippen molar-refractivity contribution in [3.8, 4) is 0 Å². The van der Waals surface area contributed by atoms with E-state index in [1.165, 1.54) is 19.2 Å². The molecule has 7 heteroatoms. The topological polar surface area (TPSA) is 84.5 Å². The van der Waals surface area contributed by atoms with Gasteiger partial charge in [-0.05, 0) is 31.5 Å². The van der Waals surface area contributed by atoms with Crippen LogP contribution in [0.4, 0.5) is 0 Å². The lowest BCUT2D eigenvalue weighted by Crippen LogP contribution is -2.45. The molecule has 1 aromatic carbocycles. The van der Waals surface area contributed by atoms with Crippen molar-refractivity contribution in [1.29, 1.82) is 0 Å². The Labute approximate surface area is 118 Å². The molecule has 0 spiro atoms. The zero-order chi connectivity index (χ0) is 14.6. The van der Waals surface area contributed by atoms with Crippen LogP contribution in [0.1, 0.15) is 23.2 Å². The Morgan fingerprint density at radius 2 is 2.15 bits per heavy atom. The van der Waals surface area contributed by atoms with Crippen LogP contribution in [0.25, 0.3) is 0 Å². The molecule has 1 heterocycles. The molecule has 1 aromatic rings. The van der Waals surface area contributed by atoms with Crippen molar-refractivity contribution in [2.75, 3.05) is 20.2 Å². The fourth-order valence-corrected chi connectivity index (χ4v) is 3.68. The Morgan fingerprint density at radius 1 is 1.40 bits per heavy atom. The van der Waals surface area contributed by atoms with Gasteiger partial charge in [0.15, 0.2) is 0 Å². The molecule has 20 heavy (non-hydrogen) atoms. The molecule has 0 unspecified atom stereocenters. The Kier molecular flexibility index (Phi) is 4.74. The van der Waals surface area contributed by atoms with Crippen molar-refractivity contribution < 1.29 is 17.9 Å². The third-order valence-corrected chi connectivity index (χ3v) is 4.78. The first-order valence-electron chi connectivity index (χ1n) is 6.45. The highest BCUT2D eigenvalue weighted by Gasteiger charge is 2.26. The first-order valence-corrected chi connectivity index (χ1v) is 7.93. The number of hydrogen-bond donors (Lipinski definition) is 2. The first-order chi connectivity index (χ1) is 9.54. The number of nitrogens with one attached hydrogen (secondary N) is 2. The minimum Gasteiger partial charge on any atom is -0.465 e. The van der Waals surface area contributed by atoms with Crippen LogP contribution in [-0.4, -0.2) is 40.6 Å². The van der Waals surface area contributed by atoms with Gasteiger partial charge in [0.25, 0.3) is 0 Å². The second-order valence-electron chi connectivity index (χ2n) is 4.65. The van der Waals surface area contributed by atoms with Crippen LogP contribution < -0.4 is 10.0 Å². The van der Waals surface area contributed by atoms with Crippen LogP contribution in [0.15, 0.2) is 29.2 Å². The highest BCUT2D eigenvalue weighted by Crippen LogP contribution is 2.17. The molecule has 0 amide bonds. The van der Waals surface area contributed by atoms with Gasteiger partial charge < -0.3 is 10.1 Å². The number of benzene rings is 1. The Morgan fingerprint density at radius 3 is 2.80 bits per heavy atom. The van der Waals surface area contributed by atoms with Gasteiger partial charge in [-0.3, -0.25) is 0 Å². The number of carbonyl (C=O) groups excluding carboxylic acids is 1. The van der Waals surface area contributed by atoms with Gasteiger partial charge in [0.2, 0.25) is 10.0 Å². The summed E-state index contributed by atoms with van der Waals surface area (Å²) in [7, 11) is -2.51. The van der Waals surface area contributed by atoms with Crippen LogP contribution in [0.5, 0.6) is 0 Å². The fourth-order valence-electron chi connectivity index (χ4n) is 2.21. The van der Waals surface area contributed by atoms with E-state index in [1.807, 2.05) is 0 Å². The first kappa shape index (κ1) is 15.0. The van der Waals surface area contributed by atoms with E-state index < -0.39 is 16.0 Å². The van der Waals surface area contributed by atoms with Crippen LogP contribution in [-0.2, 0) is 14.8 Å². The summed E-state index contributed by atoms with van der Waals surface area (Å²) in [4.78, 5) is 11.6. The van der Waals surface area contributed by atoms with E-state index in [0.29, 0.717) is 6.54 Å². The molecule has 6 nitrogen and oxygen atoms in total. The maximum absolute atomic E-state index is 12.4. The van der Waals surface area contributed by atoms with Gasteiger partial charge >= 0.3 is 5.97 Å². The van der Waals surface area contributed by atoms with Gasteiger partial charge in [-0.15, -0.1) is 0 Å². The molecule has 1 fully saturated rings. The average molecular weight is 298 g/mol. The van der Waals surface area contributed by atoms with Crippen molar-refractivity contribution in [3.63, 3.8) is 0 Å². The van der Waals surface area contributed by atoms with Gasteiger partial charge in [-0.25, -0.2) is 17.9 Å². The second-order valence-corrected chi connectivity index (χ2v) is 6.33. The van der Waals surface area contributed by atoms with Crippen molar-refractivity contribution in [3.05, 3.63) is 29.8 Å². The molecule has 2 N–H and O–H groups in total. The van der Waals surface area contributed by atoms with E-state index in [0.717, 1.165) is 19.4 Å². The number of ether oxygens (including phenoxy) is 1. The lowest BCUT2D eigenvalue weighted by molar-refractivity contribution is 0.0596. The molecule has 0 saturated carbocycles. The minimum atomic E-state index is -3.74. The third kappa shape index (κ3) is 3.36. The molecule has 1 aliphatic rings. The molecular formula is C13H18N2O4S. The fraction of sp³-hybridized carbons (Fsp3) is 0.462. The molecule has 110 valence electrons. The van der Waals surface area contributed by atoms with Gasteiger partial charge in [0, 0.05) is 12.6 Å². The number of hydrogen-bond acceptors (Lipinski definition) is 5. The smallest absolute Gasteiger partial charge is 0.339 e. The molecule has 1 saturated heterocycles. The maximum Gasteiger partial charge on any atom is 0.339 e. The summed E-state index contributed by atoms with van der Waals surface area (Å²) in [5.41, 5.74) is 0.0475. The van der Waals surface area contributed by atoms with Gasteiger partial charge in [-0.2, -0.15) is 0 Å². The van der Waals surface area contributed by atoms with E-state index in [4.69, 9.17) is 0 Å². The van der Waals surface area contributed by atoms with E-state index in [-0.39, 0.29) is 16.5 Å². The third-order valence-electron chi connectivity index (χ3n) is 3.20. The van der Waals surface area contributed by atoms with Gasteiger partial charge in [-0.1, -0.05) is 12.1 Å². The maximum atomic E-state index is 12.4. The molecule has 0 aromatic heterocycles. The van der Waals surface area contributed by atoms with Crippen LogP contribution in [0.2, 0.25) is 0 Å². The van der Waals surface area contributed by atoms with E-state index in [1.54, 1.807) is 12.1 Å². The molecule has 1 atom stereocenters. The number of esters is 1. The second kappa shape index (κ2) is 6.34. The zero-order valence-corrected chi connectivity index (χ0v) is 12.1.